The van der Waals surface area contributed by atoms with Gasteiger partial charge in [-0.05, 0) is 54.1 Å². The van der Waals surface area contributed by atoms with Crippen LogP contribution in [0.3, 0.4) is 0 Å². The number of rotatable bonds is 7. The first-order valence-electron chi connectivity index (χ1n) is 10.4. The fourth-order valence-corrected chi connectivity index (χ4v) is 3.21. The van der Waals surface area contributed by atoms with Crippen molar-refractivity contribution < 1.29 is 19.1 Å². The molecule has 2 aromatic carbocycles. The van der Waals surface area contributed by atoms with Crippen LogP contribution in [0.2, 0.25) is 0 Å². The molecule has 172 valence electrons. The predicted octanol–water partition coefficient (Wildman–Crippen LogP) is 4.76. The molecule has 9 nitrogen and oxygen atoms in total. The van der Waals surface area contributed by atoms with Crippen molar-refractivity contribution in [2.75, 3.05) is 17.7 Å². The number of amides is 2. The van der Waals surface area contributed by atoms with E-state index in [1.807, 2.05) is 18.2 Å². The van der Waals surface area contributed by atoms with Crippen molar-refractivity contribution in [1.82, 2.24) is 9.97 Å². The number of ether oxygens (including phenoxy) is 2. The quantitative estimate of drug-likeness (QED) is 0.296. The summed E-state index contributed by atoms with van der Waals surface area (Å²) in [4.78, 5) is 31.2. The van der Waals surface area contributed by atoms with Crippen molar-refractivity contribution in [3.63, 3.8) is 0 Å². The summed E-state index contributed by atoms with van der Waals surface area (Å²) >= 11 is 0. The number of H-pyrrole nitrogens is 1. The molecule has 0 radical (unpaired) electrons. The van der Waals surface area contributed by atoms with Crippen molar-refractivity contribution in [2.45, 2.75) is 6.54 Å². The number of carbonyl (C=O) groups excluding carboxylic acids is 2. The second-order valence-electron chi connectivity index (χ2n) is 7.28. The van der Waals surface area contributed by atoms with Crippen LogP contribution in [0.15, 0.2) is 79.1 Å². The molecule has 34 heavy (non-hydrogen) atoms. The van der Waals surface area contributed by atoms with E-state index in [1.54, 1.807) is 60.9 Å². The number of benzene rings is 2. The van der Waals surface area contributed by atoms with Crippen LogP contribution in [0.4, 0.5) is 16.2 Å². The molecule has 4 aromatic rings. The van der Waals surface area contributed by atoms with Crippen LogP contribution >= 0.6 is 0 Å². The lowest BCUT2D eigenvalue weighted by molar-refractivity contribution is 0.0601. The summed E-state index contributed by atoms with van der Waals surface area (Å²) in [6.45, 7) is 0.400. The molecule has 0 saturated heterocycles. The largest absolute Gasteiger partial charge is 0.465 e. The number of aromatic nitrogens is 2. The van der Waals surface area contributed by atoms with Gasteiger partial charge in [-0.1, -0.05) is 12.1 Å². The van der Waals surface area contributed by atoms with Gasteiger partial charge in [-0.25, -0.2) is 9.59 Å². The third-order valence-electron chi connectivity index (χ3n) is 4.88. The normalized spacial score (nSPS) is 10.4. The number of methoxy groups -OCH3 is 1. The monoisotopic (exact) mass is 457 g/mol. The maximum absolute atomic E-state index is 12.3. The first-order chi connectivity index (χ1) is 16.5. The molecule has 0 aliphatic carbocycles. The maximum atomic E-state index is 12.3. The summed E-state index contributed by atoms with van der Waals surface area (Å²) in [5, 5.41) is 5.56. The van der Waals surface area contributed by atoms with Crippen LogP contribution in [0.1, 0.15) is 15.9 Å². The minimum atomic E-state index is -0.429. The van der Waals surface area contributed by atoms with Gasteiger partial charge in [0.05, 0.1) is 24.1 Å². The predicted molar refractivity (Wildman–Crippen MR) is 129 cm³/mol. The van der Waals surface area contributed by atoms with Crippen LogP contribution in [-0.2, 0) is 11.3 Å². The molecule has 4 rings (SSSR count). The van der Waals surface area contributed by atoms with E-state index in [0.29, 0.717) is 46.4 Å². The van der Waals surface area contributed by atoms with E-state index in [0.717, 1.165) is 5.56 Å². The van der Waals surface area contributed by atoms with Gasteiger partial charge < -0.3 is 30.8 Å². The average Bonchev–Trinajstić information content (AvgIpc) is 3.35. The topological polar surface area (TPSA) is 131 Å². The van der Waals surface area contributed by atoms with Gasteiger partial charge in [0.1, 0.15) is 11.5 Å². The van der Waals surface area contributed by atoms with Gasteiger partial charge >= 0.3 is 12.0 Å². The lowest BCUT2D eigenvalue weighted by Crippen LogP contribution is -2.19. The Bertz CT molecular complexity index is 1300. The molecule has 0 unspecified atom stereocenters. The second-order valence-corrected chi connectivity index (χ2v) is 7.28. The van der Waals surface area contributed by atoms with Gasteiger partial charge in [0, 0.05) is 36.4 Å². The van der Waals surface area contributed by atoms with Gasteiger partial charge in [0.25, 0.3) is 0 Å². The minimum absolute atomic E-state index is 0.362. The Kier molecular flexibility index (Phi) is 6.85. The van der Waals surface area contributed by atoms with E-state index in [2.05, 4.69) is 20.6 Å². The van der Waals surface area contributed by atoms with Gasteiger partial charge in [0.15, 0.2) is 0 Å². The van der Waals surface area contributed by atoms with Crippen LogP contribution in [0.5, 0.6) is 11.5 Å². The molecule has 0 aliphatic heterocycles. The number of anilines is 2. The highest BCUT2D eigenvalue weighted by Gasteiger charge is 2.11. The Balaban J connectivity index is 1.38. The first kappa shape index (κ1) is 22.6. The van der Waals surface area contributed by atoms with E-state index in [9.17, 15) is 9.59 Å². The molecule has 0 fully saturated rings. The van der Waals surface area contributed by atoms with E-state index in [1.165, 1.54) is 7.11 Å². The number of esters is 1. The highest BCUT2D eigenvalue weighted by atomic mass is 16.5. The summed E-state index contributed by atoms with van der Waals surface area (Å²) in [6.07, 6.45) is 3.18. The van der Waals surface area contributed by atoms with Crippen LogP contribution in [0.25, 0.3) is 11.4 Å². The van der Waals surface area contributed by atoms with Gasteiger partial charge in [0.2, 0.25) is 0 Å². The lowest BCUT2D eigenvalue weighted by Gasteiger charge is -2.10. The van der Waals surface area contributed by atoms with Gasteiger partial charge in [-0.3, -0.25) is 4.98 Å². The maximum Gasteiger partial charge on any atom is 0.339 e. The number of carbonyl (C=O) groups is 2. The van der Waals surface area contributed by atoms with Crippen molar-refractivity contribution in [3.8, 4) is 22.9 Å². The molecule has 9 heteroatoms. The Hall–Kier alpha value is -4.63. The number of nitrogens with two attached hydrogens (primary N) is 1. The standard InChI is InChI=1S/C25H23N5O4/c1-33-24(31)17-12-22(28-15-17)23-13-21(9-10-27-23)34-20-7-5-18(6-8-20)29-25(32)30-19-4-2-3-16(11-19)14-26/h2-13,15,28H,14,26H2,1H3,(H2,29,30,32). The summed E-state index contributed by atoms with van der Waals surface area (Å²) in [5.41, 5.74) is 9.51. The third-order valence-corrected chi connectivity index (χ3v) is 4.88. The van der Waals surface area contributed by atoms with Crippen molar-refractivity contribution in [3.05, 3.63) is 90.3 Å². The SMILES string of the molecule is COC(=O)c1c[nH]c(-c2cc(Oc3ccc(NC(=O)Nc4cccc(CN)c4)cc3)ccn2)c1. The molecule has 2 aromatic heterocycles. The molecule has 2 heterocycles. The van der Waals surface area contributed by atoms with E-state index >= 15 is 0 Å². The molecule has 0 spiro atoms. The number of nitrogens with zero attached hydrogens (tertiary/aromatic N) is 1. The molecule has 5 N–H and O–H groups in total. The molecule has 0 bridgehead atoms. The molecular weight excluding hydrogens is 434 g/mol. The fourth-order valence-electron chi connectivity index (χ4n) is 3.21. The Labute approximate surface area is 195 Å². The number of hydrogen-bond acceptors (Lipinski definition) is 6. The summed E-state index contributed by atoms with van der Waals surface area (Å²) in [7, 11) is 1.33. The van der Waals surface area contributed by atoms with Crippen molar-refractivity contribution >= 4 is 23.4 Å². The van der Waals surface area contributed by atoms with Crippen molar-refractivity contribution in [2.24, 2.45) is 5.73 Å². The first-order valence-corrected chi connectivity index (χ1v) is 10.4. The second kappa shape index (κ2) is 10.3. The molecular formula is C25H23N5O4. The zero-order valence-electron chi connectivity index (χ0n) is 18.4. The van der Waals surface area contributed by atoms with E-state index in [-0.39, 0.29) is 6.03 Å². The molecule has 0 saturated carbocycles. The minimum Gasteiger partial charge on any atom is -0.465 e. The summed E-state index contributed by atoms with van der Waals surface area (Å²) in [5.74, 6) is 0.722. The number of nitrogens with one attached hydrogen (secondary N) is 3. The Morgan fingerprint density at radius 2 is 1.76 bits per heavy atom. The fraction of sp³-hybridized carbons (Fsp3) is 0.0800. The number of hydrogen-bond donors (Lipinski definition) is 4. The summed E-state index contributed by atoms with van der Waals surface area (Å²) in [6, 6.07) is 19.1. The number of pyridine rings is 1. The Morgan fingerprint density at radius 1 is 0.971 bits per heavy atom. The Morgan fingerprint density at radius 3 is 2.53 bits per heavy atom. The molecule has 2 amide bonds. The van der Waals surface area contributed by atoms with Crippen LogP contribution in [0, 0.1) is 0 Å². The lowest BCUT2D eigenvalue weighted by atomic mass is 10.2. The van der Waals surface area contributed by atoms with Crippen LogP contribution in [-0.4, -0.2) is 29.1 Å². The molecule has 0 aliphatic rings. The summed E-state index contributed by atoms with van der Waals surface area (Å²) < 4.78 is 10.6. The highest BCUT2D eigenvalue weighted by Crippen LogP contribution is 2.26. The van der Waals surface area contributed by atoms with Gasteiger partial charge in [-0.2, -0.15) is 0 Å². The number of urea groups is 1. The van der Waals surface area contributed by atoms with Gasteiger partial charge in [-0.15, -0.1) is 0 Å². The zero-order chi connectivity index (χ0) is 23.9. The number of aromatic amines is 1. The smallest absolute Gasteiger partial charge is 0.339 e. The third kappa shape index (κ3) is 5.59. The van der Waals surface area contributed by atoms with Crippen molar-refractivity contribution in [1.29, 1.82) is 0 Å². The highest BCUT2D eigenvalue weighted by molar-refractivity contribution is 5.99. The molecule has 0 atom stereocenters. The zero-order valence-corrected chi connectivity index (χ0v) is 18.4. The van der Waals surface area contributed by atoms with Crippen LogP contribution < -0.4 is 21.1 Å². The average molecular weight is 457 g/mol. The van der Waals surface area contributed by atoms with E-state index < -0.39 is 5.97 Å². The van der Waals surface area contributed by atoms with E-state index in [4.69, 9.17) is 15.2 Å².